The summed E-state index contributed by atoms with van der Waals surface area (Å²) in [6, 6.07) is 4.59. The van der Waals surface area contributed by atoms with Crippen molar-refractivity contribution >= 4 is 0 Å². The highest BCUT2D eigenvalue weighted by Gasteiger charge is 2.18. The van der Waals surface area contributed by atoms with E-state index >= 15 is 0 Å². The van der Waals surface area contributed by atoms with Gasteiger partial charge in [-0.1, -0.05) is 13.8 Å². The summed E-state index contributed by atoms with van der Waals surface area (Å²) < 4.78 is 10.8. The Kier molecular flexibility index (Phi) is 5.03. The number of aryl methyl sites for hydroxylation is 1. The van der Waals surface area contributed by atoms with E-state index in [1.165, 1.54) is 0 Å². The number of methoxy groups -OCH3 is 1. The minimum atomic E-state index is 0.219. The highest BCUT2D eigenvalue weighted by atomic mass is 16.5. The first-order valence-corrected chi connectivity index (χ1v) is 5.86. The van der Waals surface area contributed by atoms with Crippen molar-refractivity contribution in [1.82, 2.24) is 5.32 Å². The van der Waals surface area contributed by atoms with Crippen LogP contribution in [0.2, 0.25) is 0 Å². The smallest absolute Gasteiger partial charge is 0.120 e. The maximum Gasteiger partial charge on any atom is 0.120 e. The van der Waals surface area contributed by atoms with Gasteiger partial charge >= 0.3 is 0 Å². The van der Waals surface area contributed by atoms with E-state index in [0.717, 1.165) is 18.1 Å². The van der Waals surface area contributed by atoms with Crippen LogP contribution in [0.1, 0.15) is 38.3 Å². The molecule has 1 heterocycles. The molecule has 92 valence electrons. The second-order valence-corrected chi connectivity index (χ2v) is 4.64. The van der Waals surface area contributed by atoms with Crippen molar-refractivity contribution in [1.29, 1.82) is 0 Å². The second kappa shape index (κ2) is 6.06. The van der Waals surface area contributed by atoms with Gasteiger partial charge in [0.25, 0.3) is 0 Å². The average molecular weight is 225 g/mol. The van der Waals surface area contributed by atoms with Gasteiger partial charge in [-0.05, 0) is 31.9 Å². The molecule has 1 N–H and O–H groups in total. The van der Waals surface area contributed by atoms with Crippen molar-refractivity contribution in [2.45, 2.75) is 39.8 Å². The highest BCUT2D eigenvalue weighted by Crippen LogP contribution is 2.17. The topological polar surface area (TPSA) is 34.4 Å². The van der Waals surface area contributed by atoms with E-state index in [9.17, 15) is 0 Å². The zero-order chi connectivity index (χ0) is 12.1. The van der Waals surface area contributed by atoms with Crippen molar-refractivity contribution in [2.75, 3.05) is 13.7 Å². The molecule has 1 aromatic rings. The fourth-order valence-electron chi connectivity index (χ4n) is 1.70. The Morgan fingerprint density at radius 1 is 1.31 bits per heavy atom. The van der Waals surface area contributed by atoms with Gasteiger partial charge in [0.1, 0.15) is 11.5 Å². The molecule has 0 aliphatic carbocycles. The molecular weight excluding hydrogens is 202 g/mol. The molecule has 3 nitrogen and oxygen atoms in total. The second-order valence-electron chi connectivity index (χ2n) is 4.64. The summed E-state index contributed by atoms with van der Waals surface area (Å²) in [5.74, 6) is 2.48. The number of nitrogens with one attached hydrogen (secondary N) is 1. The SMILES string of the molecule is COCC(NC(C)c1ccc(C)o1)C(C)C. The maximum absolute atomic E-state index is 5.60. The molecule has 3 heteroatoms. The monoisotopic (exact) mass is 225 g/mol. The molecule has 16 heavy (non-hydrogen) atoms. The first kappa shape index (κ1) is 13.3. The van der Waals surface area contributed by atoms with Gasteiger partial charge < -0.3 is 14.5 Å². The Hall–Kier alpha value is -0.800. The predicted octanol–water partition coefficient (Wildman–Crippen LogP) is 2.91. The molecule has 0 saturated heterocycles. The molecule has 0 saturated carbocycles. The summed E-state index contributed by atoms with van der Waals surface area (Å²) in [6.07, 6.45) is 0. The average Bonchev–Trinajstić information content (AvgIpc) is 2.64. The lowest BCUT2D eigenvalue weighted by molar-refractivity contribution is 0.139. The molecule has 1 rings (SSSR count). The Labute approximate surface area is 98.2 Å². The summed E-state index contributed by atoms with van der Waals surface area (Å²) in [5.41, 5.74) is 0. The van der Waals surface area contributed by atoms with Gasteiger partial charge in [0.2, 0.25) is 0 Å². The van der Waals surface area contributed by atoms with E-state index in [0.29, 0.717) is 12.0 Å². The molecule has 0 aliphatic rings. The van der Waals surface area contributed by atoms with Gasteiger partial charge in [-0.15, -0.1) is 0 Å². The van der Waals surface area contributed by atoms with Crippen molar-refractivity contribution in [3.05, 3.63) is 23.7 Å². The lowest BCUT2D eigenvalue weighted by Gasteiger charge is -2.24. The molecule has 2 unspecified atom stereocenters. The van der Waals surface area contributed by atoms with Crippen LogP contribution in [0.4, 0.5) is 0 Å². The number of furan rings is 1. The zero-order valence-corrected chi connectivity index (χ0v) is 10.9. The van der Waals surface area contributed by atoms with Crippen molar-refractivity contribution < 1.29 is 9.15 Å². The molecule has 0 radical (unpaired) electrons. The van der Waals surface area contributed by atoms with E-state index in [4.69, 9.17) is 9.15 Å². The van der Waals surface area contributed by atoms with Crippen LogP contribution in [-0.4, -0.2) is 19.8 Å². The van der Waals surface area contributed by atoms with Crippen molar-refractivity contribution in [3.63, 3.8) is 0 Å². The van der Waals surface area contributed by atoms with E-state index in [-0.39, 0.29) is 6.04 Å². The minimum Gasteiger partial charge on any atom is -0.465 e. The Balaban J connectivity index is 2.57. The van der Waals surface area contributed by atoms with E-state index in [1.807, 2.05) is 19.1 Å². The zero-order valence-electron chi connectivity index (χ0n) is 10.9. The van der Waals surface area contributed by atoms with Gasteiger partial charge in [-0.25, -0.2) is 0 Å². The normalized spacial score (nSPS) is 15.4. The van der Waals surface area contributed by atoms with E-state index in [1.54, 1.807) is 7.11 Å². The Morgan fingerprint density at radius 2 is 2.00 bits per heavy atom. The first-order valence-electron chi connectivity index (χ1n) is 5.86. The molecule has 1 aromatic heterocycles. The number of hydrogen-bond donors (Lipinski definition) is 1. The Morgan fingerprint density at radius 3 is 2.44 bits per heavy atom. The van der Waals surface area contributed by atoms with Gasteiger partial charge in [-0.3, -0.25) is 0 Å². The van der Waals surface area contributed by atoms with Gasteiger partial charge in [0.15, 0.2) is 0 Å². The third-order valence-corrected chi connectivity index (χ3v) is 2.80. The molecule has 0 fully saturated rings. The van der Waals surface area contributed by atoms with Crippen LogP contribution in [-0.2, 0) is 4.74 Å². The minimum absolute atomic E-state index is 0.219. The lowest BCUT2D eigenvalue weighted by atomic mass is 10.0. The van der Waals surface area contributed by atoms with Crippen LogP contribution in [0, 0.1) is 12.8 Å². The summed E-state index contributed by atoms with van der Waals surface area (Å²) >= 11 is 0. The molecule has 0 aromatic carbocycles. The van der Waals surface area contributed by atoms with E-state index in [2.05, 4.69) is 26.1 Å². The van der Waals surface area contributed by atoms with Crippen LogP contribution < -0.4 is 5.32 Å². The summed E-state index contributed by atoms with van der Waals surface area (Å²) in [4.78, 5) is 0. The maximum atomic E-state index is 5.60. The lowest BCUT2D eigenvalue weighted by Crippen LogP contribution is -2.39. The molecular formula is C13H23NO2. The van der Waals surface area contributed by atoms with Gasteiger partial charge in [0.05, 0.1) is 12.6 Å². The molecule has 2 atom stereocenters. The van der Waals surface area contributed by atoms with Gasteiger partial charge in [-0.2, -0.15) is 0 Å². The van der Waals surface area contributed by atoms with Crippen LogP contribution in [0.15, 0.2) is 16.5 Å². The molecule has 0 amide bonds. The fourth-order valence-corrected chi connectivity index (χ4v) is 1.70. The third-order valence-electron chi connectivity index (χ3n) is 2.80. The van der Waals surface area contributed by atoms with Crippen LogP contribution >= 0.6 is 0 Å². The summed E-state index contributed by atoms with van der Waals surface area (Å²) in [5, 5.41) is 3.53. The predicted molar refractivity (Wildman–Crippen MR) is 65.5 cm³/mol. The number of rotatable bonds is 6. The number of ether oxygens (including phenoxy) is 1. The Bertz CT molecular complexity index is 307. The standard InChI is InChI=1S/C13H23NO2/c1-9(2)12(8-15-5)14-11(4)13-7-6-10(3)16-13/h6-7,9,11-12,14H,8H2,1-5H3. The van der Waals surface area contributed by atoms with Crippen molar-refractivity contribution in [3.8, 4) is 0 Å². The van der Waals surface area contributed by atoms with E-state index < -0.39 is 0 Å². The van der Waals surface area contributed by atoms with Crippen molar-refractivity contribution in [2.24, 2.45) is 5.92 Å². The largest absolute Gasteiger partial charge is 0.465 e. The van der Waals surface area contributed by atoms with Crippen LogP contribution in [0.25, 0.3) is 0 Å². The molecule has 0 bridgehead atoms. The summed E-state index contributed by atoms with van der Waals surface area (Å²) in [6.45, 7) is 9.18. The molecule has 0 spiro atoms. The van der Waals surface area contributed by atoms with Crippen LogP contribution in [0.3, 0.4) is 0 Å². The fraction of sp³-hybridized carbons (Fsp3) is 0.692. The summed E-state index contributed by atoms with van der Waals surface area (Å²) in [7, 11) is 1.73. The molecule has 0 aliphatic heterocycles. The third kappa shape index (κ3) is 3.65. The highest BCUT2D eigenvalue weighted by molar-refractivity contribution is 5.09. The quantitative estimate of drug-likeness (QED) is 0.808. The first-order chi connectivity index (χ1) is 7.54. The van der Waals surface area contributed by atoms with Gasteiger partial charge in [0, 0.05) is 13.2 Å². The number of hydrogen-bond acceptors (Lipinski definition) is 3. The van der Waals surface area contributed by atoms with Crippen LogP contribution in [0.5, 0.6) is 0 Å².